The van der Waals surface area contributed by atoms with Crippen molar-refractivity contribution in [2.75, 3.05) is 0 Å². The number of benzene rings is 7. The third kappa shape index (κ3) is 3.74. The Morgan fingerprint density at radius 2 is 1.02 bits per heavy atom. The zero-order chi connectivity index (χ0) is 30.7. The molecule has 0 unspecified atom stereocenters. The highest BCUT2D eigenvalue weighted by Crippen LogP contribution is 2.54. The number of carbonyl (C=O) groups excluding carboxylic acids is 1. The molecule has 2 heterocycles. The van der Waals surface area contributed by atoms with E-state index in [0.717, 1.165) is 27.9 Å². The summed E-state index contributed by atoms with van der Waals surface area (Å²) in [5.41, 5.74) is 11.0. The van der Waals surface area contributed by atoms with Crippen LogP contribution in [-0.2, 0) is 5.41 Å². The fraction of sp³-hybridized carbons (Fsp3) is 0.0227. The highest BCUT2D eigenvalue weighted by molar-refractivity contribution is 6.13. The summed E-state index contributed by atoms with van der Waals surface area (Å²) < 4.78 is 2.41. The van der Waals surface area contributed by atoms with E-state index in [1.54, 1.807) is 0 Å². The fourth-order valence-electron chi connectivity index (χ4n) is 7.67. The molecule has 2 nitrogen and oxygen atoms in total. The zero-order valence-corrected chi connectivity index (χ0v) is 25.1. The van der Waals surface area contributed by atoms with E-state index in [0.29, 0.717) is 11.1 Å². The molecule has 9 rings (SSSR count). The van der Waals surface area contributed by atoms with E-state index in [1.165, 1.54) is 33.0 Å². The van der Waals surface area contributed by atoms with Gasteiger partial charge in [-0.2, -0.15) is 0 Å². The van der Waals surface area contributed by atoms with Gasteiger partial charge in [0.1, 0.15) is 0 Å². The maximum Gasteiger partial charge on any atom is 0.193 e. The van der Waals surface area contributed by atoms with Gasteiger partial charge in [0.25, 0.3) is 0 Å². The Labute approximate surface area is 267 Å². The molecule has 0 saturated heterocycles. The average molecular weight is 588 g/mol. The van der Waals surface area contributed by atoms with Gasteiger partial charge in [0.05, 0.1) is 22.1 Å². The van der Waals surface area contributed by atoms with Crippen molar-refractivity contribution in [2.45, 2.75) is 5.41 Å². The van der Waals surface area contributed by atoms with Crippen LogP contribution in [-0.4, -0.2) is 10.4 Å². The molecule has 0 aliphatic carbocycles. The maximum absolute atomic E-state index is 14.3. The SMILES string of the molecule is O=C(c1ccc(-c2ccccc2)cc1)c1ccc2c(c1)C(c1ccccc1)(c1ccccc1)c1cccc3c4ccccc4n-2c13. The monoisotopic (exact) mass is 587 g/mol. The minimum Gasteiger partial charge on any atom is -0.309 e. The van der Waals surface area contributed by atoms with Gasteiger partial charge >= 0.3 is 0 Å². The molecule has 0 bridgehead atoms. The number of ketones is 1. The van der Waals surface area contributed by atoms with Crippen LogP contribution in [0.5, 0.6) is 0 Å². The van der Waals surface area contributed by atoms with Gasteiger partial charge in [-0.1, -0.05) is 152 Å². The summed E-state index contributed by atoms with van der Waals surface area (Å²) >= 11 is 0. The van der Waals surface area contributed by atoms with Gasteiger partial charge in [-0.05, 0) is 57.6 Å². The molecule has 1 aliphatic rings. The molecule has 2 heteroatoms. The molecule has 0 saturated carbocycles. The first-order chi connectivity index (χ1) is 22.7. The maximum atomic E-state index is 14.3. The van der Waals surface area contributed by atoms with E-state index < -0.39 is 5.41 Å². The van der Waals surface area contributed by atoms with Crippen LogP contribution >= 0.6 is 0 Å². The van der Waals surface area contributed by atoms with Crippen LogP contribution in [0.3, 0.4) is 0 Å². The van der Waals surface area contributed by atoms with E-state index >= 15 is 0 Å². The Bertz CT molecular complexity index is 2360. The Morgan fingerprint density at radius 3 is 1.72 bits per heavy atom. The van der Waals surface area contributed by atoms with Crippen LogP contribution in [0.2, 0.25) is 0 Å². The van der Waals surface area contributed by atoms with Crippen LogP contribution in [0.4, 0.5) is 0 Å². The summed E-state index contributed by atoms with van der Waals surface area (Å²) in [7, 11) is 0. The second kappa shape index (κ2) is 10.3. The number of rotatable bonds is 5. The topological polar surface area (TPSA) is 22.0 Å². The second-order valence-corrected chi connectivity index (χ2v) is 12.0. The summed E-state index contributed by atoms with van der Waals surface area (Å²) in [6.45, 7) is 0. The third-order valence-corrected chi connectivity index (χ3v) is 9.67. The van der Waals surface area contributed by atoms with Crippen LogP contribution in [0.15, 0.2) is 176 Å². The van der Waals surface area contributed by atoms with Crippen molar-refractivity contribution in [1.29, 1.82) is 0 Å². The Balaban J connectivity index is 1.33. The van der Waals surface area contributed by atoms with Crippen molar-refractivity contribution in [1.82, 2.24) is 4.57 Å². The largest absolute Gasteiger partial charge is 0.309 e. The fourth-order valence-corrected chi connectivity index (χ4v) is 7.67. The van der Waals surface area contributed by atoms with E-state index in [1.807, 2.05) is 48.5 Å². The summed E-state index contributed by atoms with van der Waals surface area (Å²) in [5, 5.41) is 2.45. The van der Waals surface area contributed by atoms with Crippen molar-refractivity contribution >= 4 is 27.6 Å². The summed E-state index contributed by atoms with van der Waals surface area (Å²) in [6, 6.07) is 61.4. The molecule has 8 aromatic rings. The van der Waals surface area contributed by atoms with E-state index in [9.17, 15) is 4.79 Å². The first-order valence-electron chi connectivity index (χ1n) is 15.7. The van der Waals surface area contributed by atoms with Gasteiger partial charge < -0.3 is 4.57 Å². The van der Waals surface area contributed by atoms with Crippen LogP contribution in [0.25, 0.3) is 38.6 Å². The molecular weight excluding hydrogens is 558 g/mol. The molecular formula is C44H29NO. The lowest BCUT2D eigenvalue weighted by Gasteiger charge is -2.42. The Hall–Kier alpha value is -5.99. The second-order valence-electron chi connectivity index (χ2n) is 12.0. The standard InChI is InChI=1S/C44H29NO/c46-43(32-25-23-31(24-26-32)30-13-4-1-5-14-30)33-27-28-41-39(29-33)44(34-15-6-2-7-16-34,35-17-8-3-9-18-35)38-21-12-20-37-36-19-10-11-22-40(36)45(41)42(37)38/h1-29H. The van der Waals surface area contributed by atoms with Crippen LogP contribution in [0.1, 0.15) is 38.2 Å². The number of aromatic nitrogens is 1. The predicted molar refractivity (Wildman–Crippen MR) is 188 cm³/mol. The van der Waals surface area contributed by atoms with Gasteiger partial charge in [-0.3, -0.25) is 4.79 Å². The number of nitrogens with zero attached hydrogens (tertiary/aromatic N) is 1. The summed E-state index contributed by atoms with van der Waals surface area (Å²) in [5.74, 6) is 0.0128. The highest BCUT2D eigenvalue weighted by atomic mass is 16.1. The average Bonchev–Trinajstić information content (AvgIpc) is 3.48. The normalized spacial score (nSPS) is 13.0. The van der Waals surface area contributed by atoms with Crippen molar-refractivity contribution in [3.05, 3.63) is 209 Å². The Kier molecular flexibility index (Phi) is 5.91. The number of hydrogen-bond acceptors (Lipinski definition) is 1. The van der Waals surface area contributed by atoms with Gasteiger partial charge in [0.15, 0.2) is 5.78 Å². The first-order valence-corrected chi connectivity index (χ1v) is 15.7. The minimum atomic E-state index is -0.644. The van der Waals surface area contributed by atoms with Gasteiger partial charge in [-0.25, -0.2) is 0 Å². The Morgan fingerprint density at radius 1 is 0.457 bits per heavy atom. The molecule has 0 spiro atoms. The molecule has 1 aliphatic heterocycles. The van der Waals surface area contributed by atoms with E-state index in [2.05, 4.69) is 132 Å². The number of carbonyl (C=O) groups is 1. The summed E-state index contributed by atoms with van der Waals surface area (Å²) in [6.07, 6.45) is 0. The molecule has 0 N–H and O–H groups in total. The first kappa shape index (κ1) is 26.4. The molecule has 0 fully saturated rings. The molecule has 0 radical (unpaired) electrons. The quantitative estimate of drug-likeness (QED) is 0.184. The number of hydrogen-bond donors (Lipinski definition) is 0. The van der Waals surface area contributed by atoms with Crippen molar-refractivity contribution in [3.63, 3.8) is 0 Å². The van der Waals surface area contributed by atoms with Gasteiger partial charge in [-0.15, -0.1) is 0 Å². The highest BCUT2D eigenvalue weighted by Gasteiger charge is 2.45. The van der Waals surface area contributed by atoms with Crippen LogP contribution < -0.4 is 0 Å². The molecule has 216 valence electrons. The van der Waals surface area contributed by atoms with Gasteiger partial charge in [0, 0.05) is 21.9 Å². The van der Waals surface area contributed by atoms with Crippen molar-refractivity contribution < 1.29 is 4.79 Å². The summed E-state index contributed by atoms with van der Waals surface area (Å²) in [4.78, 5) is 14.3. The zero-order valence-electron chi connectivity index (χ0n) is 25.1. The lowest BCUT2D eigenvalue weighted by molar-refractivity contribution is 0.103. The van der Waals surface area contributed by atoms with Crippen molar-refractivity contribution in [2.24, 2.45) is 0 Å². The molecule has 1 aromatic heterocycles. The smallest absolute Gasteiger partial charge is 0.193 e. The predicted octanol–water partition coefficient (Wildman–Crippen LogP) is 10.4. The number of para-hydroxylation sites is 2. The molecule has 46 heavy (non-hydrogen) atoms. The molecule has 7 aromatic carbocycles. The van der Waals surface area contributed by atoms with Gasteiger partial charge in [0.2, 0.25) is 0 Å². The third-order valence-electron chi connectivity index (χ3n) is 9.67. The van der Waals surface area contributed by atoms with E-state index in [4.69, 9.17) is 0 Å². The van der Waals surface area contributed by atoms with Crippen molar-refractivity contribution in [3.8, 4) is 16.8 Å². The number of fused-ring (bicyclic) bond motifs is 5. The lowest BCUT2D eigenvalue weighted by atomic mass is 9.63. The van der Waals surface area contributed by atoms with Crippen LogP contribution in [0, 0.1) is 0 Å². The molecule has 0 atom stereocenters. The minimum absolute atomic E-state index is 0.0128. The van der Waals surface area contributed by atoms with E-state index in [-0.39, 0.29) is 5.78 Å². The molecule has 0 amide bonds. The lowest BCUT2D eigenvalue weighted by Crippen LogP contribution is -2.35.